The molecule has 29 heavy (non-hydrogen) atoms. The second kappa shape index (κ2) is 7.36. The molecule has 1 unspecified atom stereocenters. The molecule has 1 amide bonds. The number of amides is 1. The maximum Gasteiger partial charge on any atom is 0.274 e. The lowest BCUT2D eigenvalue weighted by atomic mass is 9.97. The van der Waals surface area contributed by atoms with Crippen LogP contribution in [0.5, 0.6) is 0 Å². The summed E-state index contributed by atoms with van der Waals surface area (Å²) in [7, 11) is 0. The molecular formula is C21H20N6OS. The average Bonchev–Trinajstić information content (AvgIpc) is 3.43. The van der Waals surface area contributed by atoms with Gasteiger partial charge in [-0.2, -0.15) is 5.10 Å². The number of aryl methyl sites for hydroxylation is 1. The fourth-order valence-electron chi connectivity index (χ4n) is 3.70. The summed E-state index contributed by atoms with van der Waals surface area (Å²) in [6, 6.07) is 8.22. The van der Waals surface area contributed by atoms with E-state index >= 15 is 0 Å². The first-order chi connectivity index (χ1) is 14.2. The van der Waals surface area contributed by atoms with Gasteiger partial charge >= 0.3 is 0 Å². The molecule has 1 fully saturated rings. The highest BCUT2D eigenvalue weighted by Crippen LogP contribution is 2.28. The number of pyridine rings is 1. The summed E-state index contributed by atoms with van der Waals surface area (Å²) >= 11 is 1.70. The Morgan fingerprint density at radius 2 is 2.14 bits per heavy atom. The highest BCUT2D eigenvalue weighted by molar-refractivity contribution is 7.13. The minimum Gasteiger partial charge on any atom is -0.337 e. The van der Waals surface area contributed by atoms with Crippen LogP contribution < -0.4 is 0 Å². The van der Waals surface area contributed by atoms with E-state index in [1.165, 1.54) is 4.88 Å². The Balaban J connectivity index is 1.38. The number of likely N-dealkylation sites (tertiary alicyclic amines) is 1. The van der Waals surface area contributed by atoms with Crippen LogP contribution in [0.2, 0.25) is 0 Å². The van der Waals surface area contributed by atoms with Gasteiger partial charge in [-0.1, -0.05) is 6.07 Å². The maximum absolute atomic E-state index is 12.8. The zero-order chi connectivity index (χ0) is 19.8. The molecule has 8 heteroatoms. The fraction of sp³-hybridized carbons (Fsp3) is 0.286. The lowest BCUT2D eigenvalue weighted by molar-refractivity contribution is 0.0698. The summed E-state index contributed by atoms with van der Waals surface area (Å²) in [6.07, 6.45) is 7.09. The predicted octanol–water partition coefficient (Wildman–Crippen LogP) is 3.58. The number of carbonyl (C=O) groups excluding carboxylic acids is 1. The van der Waals surface area contributed by atoms with Crippen molar-refractivity contribution in [3.8, 4) is 10.4 Å². The number of carbonyl (C=O) groups is 1. The van der Waals surface area contributed by atoms with Gasteiger partial charge in [-0.05, 0) is 43.3 Å². The quantitative estimate of drug-likeness (QED) is 0.522. The van der Waals surface area contributed by atoms with E-state index in [-0.39, 0.29) is 11.8 Å². The molecule has 4 aromatic rings. The van der Waals surface area contributed by atoms with Gasteiger partial charge in [0.15, 0.2) is 11.5 Å². The van der Waals surface area contributed by atoms with Gasteiger partial charge in [-0.25, -0.2) is 14.5 Å². The molecule has 0 bridgehead atoms. The molecule has 0 saturated carbocycles. The molecule has 0 N–H and O–H groups in total. The molecule has 1 saturated heterocycles. The number of piperidine rings is 1. The predicted molar refractivity (Wildman–Crippen MR) is 111 cm³/mol. The third-order valence-corrected chi connectivity index (χ3v) is 6.15. The van der Waals surface area contributed by atoms with Crippen molar-refractivity contribution in [3.05, 3.63) is 65.4 Å². The Bertz CT molecular complexity index is 1150. The summed E-state index contributed by atoms with van der Waals surface area (Å²) in [5.41, 5.74) is 3.14. The number of hydrogen-bond acceptors (Lipinski definition) is 6. The van der Waals surface area contributed by atoms with Crippen molar-refractivity contribution in [1.29, 1.82) is 0 Å². The SMILES string of the molecule is Cc1cnc(C(=O)N2CCCC(c3nc4ccc(-c5cccs5)cn4n3)C2)cn1. The molecule has 5 heterocycles. The third kappa shape index (κ3) is 3.51. The molecule has 4 aromatic heterocycles. The monoisotopic (exact) mass is 404 g/mol. The molecule has 7 nitrogen and oxygen atoms in total. The highest BCUT2D eigenvalue weighted by Gasteiger charge is 2.28. The first-order valence-electron chi connectivity index (χ1n) is 9.65. The van der Waals surface area contributed by atoms with Crippen LogP contribution in [0.25, 0.3) is 16.1 Å². The summed E-state index contributed by atoms with van der Waals surface area (Å²) in [5.74, 6) is 0.836. The number of fused-ring (bicyclic) bond motifs is 1. The molecule has 5 rings (SSSR count). The van der Waals surface area contributed by atoms with Crippen molar-refractivity contribution in [3.63, 3.8) is 0 Å². The van der Waals surface area contributed by atoms with E-state index in [9.17, 15) is 4.79 Å². The number of hydrogen-bond donors (Lipinski definition) is 0. The van der Waals surface area contributed by atoms with E-state index < -0.39 is 0 Å². The summed E-state index contributed by atoms with van der Waals surface area (Å²) < 4.78 is 1.84. The third-order valence-electron chi connectivity index (χ3n) is 5.23. The van der Waals surface area contributed by atoms with Crippen LogP contribution in [0, 0.1) is 6.92 Å². The zero-order valence-corrected chi connectivity index (χ0v) is 16.8. The Morgan fingerprint density at radius 3 is 2.93 bits per heavy atom. The van der Waals surface area contributed by atoms with Crippen LogP contribution in [-0.2, 0) is 0 Å². The van der Waals surface area contributed by atoms with Gasteiger partial charge in [0, 0.05) is 41.8 Å². The van der Waals surface area contributed by atoms with Crippen LogP contribution in [-0.4, -0.2) is 48.5 Å². The number of aromatic nitrogens is 5. The number of nitrogens with zero attached hydrogens (tertiary/aromatic N) is 6. The van der Waals surface area contributed by atoms with E-state index in [0.29, 0.717) is 12.2 Å². The average molecular weight is 404 g/mol. The number of rotatable bonds is 3. The maximum atomic E-state index is 12.8. The van der Waals surface area contributed by atoms with E-state index in [4.69, 9.17) is 10.1 Å². The first-order valence-corrected chi connectivity index (χ1v) is 10.5. The van der Waals surface area contributed by atoms with Crippen LogP contribution in [0.1, 0.15) is 40.8 Å². The van der Waals surface area contributed by atoms with Gasteiger partial charge in [0.25, 0.3) is 5.91 Å². The molecule has 0 aromatic carbocycles. The van der Waals surface area contributed by atoms with Gasteiger partial charge in [0.2, 0.25) is 0 Å². The molecule has 0 radical (unpaired) electrons. The van der Waals surface area contributed by atoms with Crippen LogP contribution >= 0.6 is 11.3 Å². The normalized spacial score (nSPS) is 17.0. The Hall–Kier alpha value is -3.13. The van der Waals surface area contributed by atoms with Crippen molar-refractivity contribution in [2.75, 3.05) is 13.1 Å². The van der Waals surface area contributed by atoms with Gasteiger partial charge < -0.3 is 4.90 Å². The van der Waals surface area contributed by atoms with Crippen molar-refractivity contribution in [2.24, 2.45) is 0 Å². The molecule has 0 spiro atoms. The van der Waals surface area contributed by atoms with E-state index in [0.717, 1.165) is 42.1 Å². The van der Waals surface area contributed by atoms with Crippen LogP contribution in [0.15, 0.2) is 48.2 Å². The Morgan fingerprint density at radius 1 is 1.21 bits per heavy atom. The van der Waals surface area contributed by atoms with Crippen molar-refractivity contribution in [1.82, 2.24) is 29.5 Å². The van der Waals surface area contributed by atoms with Gasteiger partial charge in [-0.3, -0.25) is 9.78 Å². The summed E-state index contributed by atoms with van der Waals surface area (Å²) in [5, 5.41) is 6.80. The van der Waals surface area contributed by atoms with Crippen LogP contribution in [0.4, 0.5) is 0 Å². The standard InChI is InChI=1S/C21H20N6OS/c1-14-10-23-17(11-22-14)21(28)26-8-2-4-16(12-26)20-24-19-7-6-15(13-27(19)25-20)18-5-3-9-29-18/h3,5-7,9-11,13,16H,2,4,8,12H2,1H3. The smallest absolute Gasteiger partial charge is 0.274 e. The van der Waals surface area contributed by atoms with Gasteiger partial charge in [0.05, 0.1) is 11.9 Å². The number of thiophene rings is 1. The van der Waals surface area contributed by atoms with Crippen LogP contribution in [0.3, 0.4) is 0 Å². The lowest BCUT2D eigenvalue weighted by Crippen LogP contribution is -2.39. The minimum absolute atomic E-state index is 0.0778. The zero-order valence-electron chi connectivity index (χ0n) is 16.0. The van der Waals surface area contributed by atoms with Crippen molar-refractivity contribution < 1.29 is 4.79 Å². The topological polar surface area (TPSA) is 76.3 Å². The molecule has 0 aliphatic carbocycles. The second-order valence-corrected chi connectivity index (χ2v) is 8.25. The lowest BCUT2D eigenvalue weighted by Gasteiger charge is -2.31. The molecule has 146 valence electrons. The molecular weight excluding hydrogens is 384 g/mol. The van der Waals surface area contributed by atoms with Gasteiger partial charge in [-0.15, -0.1) is 11.3 Å². The molecule has 1 atom stereocenters. The van der Waals surface area contributed by atoms with E-state index in [1.54, 1.807) is 23.7 Å². The second-order valence-electron chi connectivity index (χ2n) is 7.30. The van der Waals surface area contributed by atoms with E-state index in [1.807, 2.05) is 34.7 Å². The van der Waals surface area contributed by atoms with E-state index in [2.05, 4.69) is 27.5 Å². The molecule has 1 aliphatic rings. The largest absolute Gasteiger partial charge is 0.337 e. The first kappa shape index (κ1) is 17.9. The summed E-state index contributed by atoms with van der Waals surface area (Å²) in [4.78, 5) is 29.0. The van der Waals surface area contributed by atoms with Gasteiger partial charge in [0.1, 0.15) is 5.69 Å². The van der Waals surface area contributed by atoms with Crippen molar-refractivity contribution in [2.45, 2.75) is 25.7 Å². The minimum atomic E-state index is -0.0778. The molecule has 1 aliphatic heterocycles. The Kier molecular flexibility index (Phi) is 4.55. The Labute approximate surface area is 172 Å². The highest BCUT2D eigenvalue weighted by atomic mass is 32.1. The van der Waals surface area contributed by atoms with Crippen molar-refractivity contribution >= 4 is 22.9 Å². The fourth-order valence-corrected chi connectivity index (χ4v) is 4.42. The summed E-state index contributed by atoms with van der Waals surface area (Å²) in [6.45, 7) is 3.18.